The number of aromatic hydroxyl groups is 1. The topological polar surface area (TPSA) is 65.0 Å². The fourth-order valence-electron chi connectivity index (χ4n) is 3.73. The van der Waals surface area contributed by atoms with Crippen molar-refractivity contribution in [3.05, 3.63) is 72.3 Å². The van der Waals surface area contributed by atoms with Crippen LogP contribution in [-0.4, -0.2) is 56.3 Å². The fourth-order valence-corrected chi connectivity index (χ4v) is 3.73. The third kappa shape index (κ3) is 4.81. The van der Waals surface area contributed by atoms with E-state index in [1.165, 1.54) is 0 Å². The summed E-state index contributed by atoms with van der Waals surface area (Å²) >= 11 is 0. The minimum absolute atomic E-state index is 0.157. The van der Waals surface area contributed by atoms with Gasteiger partial charge in [-0.1, -0.05) is 24.3 Å². The molecule has 1 amide bonds. The first-order chi connectivity index (χ1) is 15.0. The molecule has 0 spiro atoms. The highest BCUT2D eigenvalue weighted by Gasteiger charge is 2.19. The number of nitrogens with zero attached hydrogens (tertiary/aromatic N) is 2. The molecule has 0 aliphatic carbocycles. The highest BCUT2D eigenvalue weighted by Crippen LogP contribution is 2.31. The molecule has 1 saturated heterocycles. The zero-order chi connectivity index (χ0) is 21.8. The molecule has 1 heterocycles. The summed E-state index contributed by atoms with van der Waals surface area (Å²) in [6, 6.07) is 20.3. The summed E-state index contributed by atoms with van der Waals surface area (Å²) in [4.78, 5) is 17.4. The molecule has 0 unspecified atom stereocenters. The number of phenolic OH excluding ortho intramolecular Hbond substituents is 1. The normalized spacial score (nSPS) is 14.3. The summed E-state index contributed by atoms with van der Waals surface area (Å²) in [5.74, 6) is 0.859. The van der Waals surface area contributed by atoms with Gasteiger partial charge in [0, 0.05) is 37.4 Å². The Morgan fingerprint density at radius 3 is 2.13 bits per heavy atom. The van der Waals surface area contributed by atoms with Gasteiger partial charge in [0.05, 0.1) is 12.8 Å². The van der Waals surface area contributed by atoms with E-state index >= 15 is 0 Å². The molecule has 6 heteroatoms. The summed E-state index contributed by atoms with van der Waals surface area (Å²) in [6.07, 6.45) is 0. The van der Waals surface area contributed by atoms with Crippen molar-refractivity contribution in [2.45, 2.75) is 0 Å². The number of anilines is 2. The quantitative estimate of drug-likeness (QED) is 0.655. The van der Waals surface area contributed by atoms with Gasteiger partial charge in [-0.25, -0.2) is 0 Å². The minimum atomic E-state index is -0.157. The van der Waals surface area contributed by atoms with Crippen LogP contribution in [0.1, 0.15) is 10.4 Å². The second kappa shape index (κ2) is 9.10. The van der Waals surface area contributed by atoms with Crippen LogP contribution in [-0.2, 0) is 0 Å². The predicted octanol–water partition coefficient (Wildman–Crippen LogP) is 4.07. The van der Waals surface area contributed by atoms with Crippen molar-refractivity contribution in [1.29, 1.82) is 0 Å². The molecule has 1 aliphatic heterocycles. The third-order valence-electron chi connectivity index (χ3n) is 5.63. The Morgan fingerprint density at radius 2 is 1.52 bits per heavy atom. The molecule has 0 bridgehead atoms. The number of carbonyl (C=O) groups excluding carboxylic acids is 1. The van der Waals surface area contributed by atoms with Gasteiger partial charge < -0.3 is 25.0 Å². The Labute approximate surface area is 182 Å². The lowest BCUT2D eigenvalue weighted by atomic mass is 10.1. The minimum Gasteiger partial charge on any atom is -0.508 e. The first-order valence-corrected chi connectivity index (χ1v) is 10.4. The Balaban J connectivity index is 1.49. The second-order valence-electron chi connectivity index (χ2n) is 7.76. The molecule has 1 aliphatic rings. The maximum Gasteiger partial charge on any atom is 0.255 e. The summed E-state index contributed by atoms with van der Waals surface area (Å²) in [5.41, 5.74) is 4.29. The maximum atomic E-state index is 12.9. The molecule has 0 atom stereocenters. The van der Waals surface area contributed by atoms with Crippen molar-refractivity contribution >= 4 is 17.3 Å². The second-order valence-corrected chi connectivity index (χ2v) is 7.76. The molecule has 31 heavy (non-hydrogen) atoms. The van der Waals surface area contributed by atoms with E-state index in [1.54, 1.807) is 25.3 Å². The molecule has 0 radical (unpaired) electrons. The SMILES string of the molecule is COc1ccc(C(=O)Nc2ccc(-c3ccc(O)cc3)cc2)cc1N1CCN(C)CC1. The summed E-state index contributed by atoms with van der Waals surface area (Å²) in [6.45, 7) is 3.76. The van der Waals surface area contributed by atoms with Gasteiger partial charge in [0.25, 0.3) is 5.91 Å². The predicted molar refractivity (Wildman–Crippen MR) is 124 cm³/mol. The molecule has 0 saturated carbocycles. The Bertz CT molecular complexity index is 1040. The van der Waals surface area contributed by atoms with Crippen LogP contribution in [0, 0.1) is 0 Å². The van der Waals surface area contributed by atoms with Gasteiger partial charge in [-0.15, -0.1) is 0 Å². The highest BCUT2D eigenvalue weighted by molar-refractivity contribution is 6.05. The molecule has 1 fully saturated rings. The maximum absolute atomic E-state index is 12.9. The standard InChI is InChI=1S/C25H27N3O3/c1-27-13-15-28(16-14-27)23-17-20(7-12-24(23)31-2)25(30)26-21-8-3-18(4-9-21)19-5-10-22(29)11-6-19/h3-12,17,29H,13-16H2,1-2H3,(H,26,30). The number of hydrogen-bond acceptors (Lipinski definition) is 5. The molecular weight excluding hydrogens is 390 g/mol. The Hall–Kier alpha value is -3.51. The Morgan fingerprint density at radius 1 is 0.903 bits per heavy atom. The molecule has 160 valence electrons. The van der Waals surface area contributed by atoms with E-state index in [0.29, 0.717) is 5.56 Å². The number of nitrogens with one attached hydrogen (secondary N) is 1. The Kier molecular flexibility index (Phi) is 6.09. The molecule has 3 aromatic rings. The number of ether oxygens (including phenoxy) is 1. The fraction of sp³-hybridized carbons (Fsp3) is 0.240. The van der Waals surface area contributed by atoms with E-state index in [1.807, 2.05) is 48.5 Å². The van der Waals surface area contributed by atoms with E-state index in [4.69, 9.17) is 4.74 Å². The molecular formula is C25H27N3O3. The van der Waals surface area contributed by atoms with Crippen molar-refractivity contribution in [2.75, 3.05) is 50.6 Å². The van der Waals surface area contributed by atoms with Crippen molar-refractivity contribution in [3.8, 4) is 22.6 Å². The van der Waals surface area contributed by atoms with Gasteiger partial charge in [0.1, 0.15) is 11.5 Å². The van der Waals surface area contributed by atoms with Crippen molar-refractivity contribution in [3.63, 3.8) is 0 Å². The number of methoxy groups -OCH3 is 1. The average molecular weight is 418 g/mol. The van der Waals surface area contributed by atoms with Crippen LogP contribution in [0.2, 0.25) is 0 Å². The lowest BCUT2D eigenvalue weighted by molar-refractivity contribution is 0.102. The third-order valence-corrected chi connectivity index (χ3v) is 5.63. The van der Waals surface area contributed by atoms with E-state index in [0.717, 1.165) is 54.4 Å². The lowest BCUT2D eigenvalue weighted by Crippen LogP contribution is -2.44. The van der Waals surface area contributed by atoms with Gasteiger partial charge in [-0.2, -0.15) is 0 Å². The molecule has 0 aromatic heterocycles. The van der Waals surface area contributed by atoms with E-state index in [2.05, 4.69) is 22.2 Å². The van der Waals surface area contributed by atoms with Gasteiger partial charge in [-0.3, -0.25) is 4.79 Å². The van der Waals surface area contributed by atoms with Gasteiger partial charge >= 0.3 is 0 Å². The number of piperazine rings is 1. The van der Waals surface area contributed by atoms with Crippen LogP contribution >= 0.6 is 0 Å². The van der Waals surface area contributed by atoms with Crippen molar-refractivity contribution in [2.24, 2.45) is 0 Å². The average Bonchev–Trinajstić information content (AvgIpc) is 2.80. The van der Waals surface area contributed by atoms with Crippen LogP contribution in [0.5, 0.6) is 11.5 Å². The highest BCUT2D eigenvalue weighted by atomic mass is 16.5. The van der Waals surface area contributed by atoms with Crippen LogP contribution in [0.3, 0.4) is 0 Å². The lowest BCUT2D eigenvalue weighted by Gasteiger charge is -2.34. The van der Waals surface area contributed by atoms with E-state index < -0.39 is 0 Å². The smallest absolute Gasteiger partial charge is 0.255 e. The number of benzene rings is 3. The first kappa shape index (κ1) is 20.8. The number of likely N-dealkylation sites (N-methyl/N-ethyl adjacent to an activating group) is 1. The molecule has 4 rings (SSSR count). The van der Waals surface area contributed by atoms with E-state index in [9.17, 15) is 9.90 Å². The number of hydrogen-bond donors (Lipinski definition) is 2. The zero-order valence-corrected chi connectivity index (χ0v) is 17.8. The summed E-state index contributed by atoms with van der Waals surface area (Å²) in [7, 11) is 3.77. The van der Waals surface area contributed by atoms with Crippen LogP contribution in [0.15, 0.2) is 66.7 Å². The van der Waals surface area contributed by atoms with Gasteiger partial charge in [0.2, 0.25) is 0 Å². The molecule has 3 aromatic carbocycles. The first-order valence-electron chi connectivity index (χ1n) is 10.4. The molecule has 2 N–H and O–H groups in total. The van der Waals surface area contributed by atoms with Gasteiger partial charge in [-0.05, 0) is 60.6 Å². The summed E-state index contributed by atoms with van der Waals surface area (Å²) in [5, 5.41) is 12.4. The van der Waals surface area contributed by atoms with E-state index in [-0.39, 0.29) is 11.7 Å². The van der Waals surface area contributed by atoms with Crippen LogP contribution in [0.4, 0.5) is 11.4 Å². The van der Waals surface area contributed by atoms with Crippen molar-refractivity contribution < 1.29 is 14.6 Å². The van der Waals surface area contributed by atoms with Crippen LogP contribution < -0.4 is 15.0 Å². The zero-order valence-electron chi connectivity index (χ0n) is 17.8. The largest absolute Gasteiger partial charge is 0.508 e. The number of phenols is 1. The number of rotatable bonds is 5. The van der Waals surface area contributed by atoms with Gasteiger partial charge in [0.15, 0.2) is 0 Å². The van der Waals surface area contributed by atoms with Crippen LogP contribution in [0.25, 0.3) is 11.1 Å². The number of carbonyl (C=O) groups is 1. The summed E-state index contributed by atoms with van der Waals surface area (Å²) < 4.78 is 5.54. The monoisotopic (exact) mass is 417 g/mol. The van der Waals surface area contributed by atoms with Crippen molar-refractivity contribution in [1.82, 2.24) is 4.90 Å². The molecule has 6 nitrogen and oxygen atoms in total. The number of amides is 1.